The van der Waals surface area contributed by atoms with Gasteiger partial charge >= 0.3 is 0 Å². The third-order valence-electron chi connectivity index (χ3n) is 2.68. The zero-order valence-corrected chi connectivity index (χ0v) is 11.4. The number of nitrogens with zero attached hydrogens (tertiary/aromatic N) is 3. The van der Waals surface area contributed by atoms with Gasteiger partial charge < -0.3 is 4.57 Å². The van der Waals surface area contributed by atoms with Crippen LogP contribution in [-0.2, 0) is 13.0 Å². The molecule has 0 atom stereocenters. The van der Waals surface area contributed by atoms with Crippen molar-refractivity contribution in [2.24, 2.45) is 0 Å². The van der Waals surface area contributed by atoms with Crippen molar-refractivity contribution in [2.45, 2.75) is 19.9 Å². The van der Waals surface area contributed by atoms with Gasteiger partial charge in [-0.2, -0.15) is 0 Å². The Labute approximate surface area is 113 Å². The molecule has 94 valence electrons. The molecule has 18 heavy (non-hydrogen) atoms. The van der Waals surface area contributed by atoms with Crippen LogP contribution in [0.1, 0.15) is 18.3 Å². The van der Waals surface area contributed by atoms with Crippen molar-refractivity contribution in [1.82, 2.24) is 9.55 Å². The van der Waals surface area contributed by atoms with E-state index in [2.05, 4.69) is 20.9 Å². The molecular weight excluding hydrogens is 298 g/mol. The van der Waals surface area contributed by atoms with E-state index in [-0.39, 0.29) is 10.6 Å². The van der Waals surface area contributed by atoms with Crippen molar-refractivity contribution >= 4 is 21.6 Å². The van der Waals surface area contributed by atoms with Crippen molar-refractivity contribution in [2.75, 3.05) is 0 Å². The molecule has 0 spiro atoms. The number of nitro benzene ring substituents is 1. The van der Waals surface area contributed by atoms with Gasteiger partial charge in [0.15, 0.2) is 0 Å². The Morgan fingerprint density at radius 2 is 2.28 bits per heavy atom. The van der Waals surface area contributed by atoms with E-state index in [4.69, 9.17) is 0 Å². The number of rotatable bonds is 4. The summed E-state index contributed by atoms with van der Waals surface area (Å²) < 4.78 is 2.49. The van der Waals surface area contributed by atoms with E-state index >= 15 is 0 Å². The molecule has 0 aliphatic carbocycles. The lowest BCUT2D eigenvalue weighted by Gasteiger charge is -2.07. The largest absolute Gasteiger partial charge is 0.331 e. The topological polar surface area (TPSA) is 61.0 Å². The normalized spacial score (nSPS) is 10.6. The highest BCUT2D eigenvalue weighted by Gasteiger charge is 2.12. The van der Waals surface area contributed by atoms with E-state index in [1.54, 1.807) is 18.3 Å². The smallest absolute Gasteiger partial charge is 0.283 e. The van der Waals surface area contributed by atoms with Gasteiger partial charge in [-0.25, -0.2) is 4.98 Å². The number of halogens is 1. The molecule has 0 fully saturated rings. The lowest BCUT2D eigenvalue weighted by molar-refractivity contribution is -0.385. The summed E-state index contributed by atoms with van der Waals surface area (Å²) in [6.07, 6.45) is 4.46. The Morgan fingerprint density at radius 3 is 2.94 bits per heavy atom. The number of hydrogen-bond donors (Lipinski definition) is 0. The standard InChI is InChI=1S/C12H12BrN3O2/c1-2-12-14-5-6-15(12)8-9-3-4-10(13)11(7-9)16(17)18/h3-7H,2,8H2,1H3. The number of nitro groups is 1. The molecule has 1 aromatic carbocycles. The molecule has 0 saturated heterocycles. The first-order chi connectivity index (χ1) is 8.61. The third-order valence-corrected chi connectivity index (χ3v) is 3.35. The van der Waals surface area contributed by atoms with E-state index in [9.17, 15) is 10.1 Å². The van der Waals surface area contributed by atoms with Gasteiger partial charge in [0.1, 0.15) is 5.82 Å². The van der Waals surface area contributed by atoms with Gasteiger partial charge in [0, 0.05) is 31.4 Å². The Bertz CT molecular complexity index is 580. The van der Waals surface area contributed by atoms with Crippen LogP contribution >= 0.6 is 15.9 Å². The predicted molar refractivity (Wildman–Crippen MR) is 71.5 cm³/mol. The molecule has 6 heteroatoms. The summed E-state index contributed by atoms with van der Waals surface area (Å²) in [5.74, 6) is 0.973. The number of aromatic nitrogens is 2. The summed E-state index contributed by atoms with van der Waals surface area (Å²) in [5.41, 5.74) is 0.975. The molecular formula is C12H12BrN3O2. The highest BCUT2D eigenvalue weighted by atomic mass is 79.9. The third kappa shape index (κ3) is 2.59. The first-order valence-corrected chi connectivity index (χ1v) is 6.34. The van der Waals surface area contributed by atoms with Gasteiger partial charge in [0.25, 0.3) is 5.69 Å². The second kappa shape index (κ2) is 5.30. The second-order valence-corrected chi connectivity index (χ2v) is 4.72. The number of imidazole rings is 1. The predicted octanol–water partition coefficient (Wildman–Crippen LogP) is 3.16. The maximum Gasteiger partial charge on any atom is 0.283 e. The molecule has 0 aliphatic rings. The lowest BCUT2D eigenvalue weighted by atomic mass is 10.2. The molecule has 0 unspecified atom stereocenters. The highest BCUT2D eigenvalue weighted by molar-refractivity contribution is 9.10. The minimum absolute atomic E-state index is 0.0886. The summed E-state index contributed by atoms with van der Waals surface area (Å²) in [5, 5.41) is 10.9. The van der Waals surface area contributed by atoms with Gasteiger partial charge in [0.05, 0.1) is 9.40 Å². The van der Waals surface area contributed by atoms with E-state index in [1.807, 2.05) is 23.8 Å². The van der Waals surface area contributed by atoms with E-state index in [1.165, 1.54) is 0 Å². The average molecular weight is 310 g/mol. The van der Waals surface area contributed by atoms with E-state index in [0.29, 0.717) is 11.0 Å². The molecule has 1 heterocycles. The summed E-state index contributed by atoms with van der Waals surface area (Å²) in [6.45, 7) is 2.63. The fourth-order valence-electron chi connectivity index (χ4n) is 1.79. The Balaban J connectivity index is 2.30. The van der Waals surface area contributed by atoms with Crippen LogP contribution in [0.15, 0.2) is 35.1 Å². The van der Waals surface area contributed by atoms with Crippen molar-refractivity contribution < 1.29 is 4.92 Å². The SMILES string of the molecule is CCc1nccn1Cc1ccc(Br)c([N+](=O)[O-])c1. The molecule has 0 bridgehead atoms. The van der Waals surface area contributed by atoms with Crippen molar-refractivity contribution in [3.63, 3.8) is 0 Å². The van der Waals surface area contributed by atoms with Gasteiger partial charge in [-0.15, -0.1) is 0 Å². The summed E-state index contributed by atoms with van der Waals surface area (Å²) in [4.78, 5) is 14.7. The quantitative estimate of drug-likeness (QED) is 0.644. The molecule has 2 aromatic rings. The minimum Gasteiger partial charge on any atom is -0.331 e. The average Bonchev–Trinajstić information content (AvgIpc) is 2.78. The van der Waals surface area contributed by atoms with Crippen LogP contribution in [0.2, 0.25) is 0 Å². The maximum absolute atomic E-state index is 10.9. The van der Waals surface area contributed by atoms with Crippen LogP contribution in [0.25, 0.3) is 0 Å². The molecule has 0 radical (unpaired) electrons. The molecule has 0 N–H and O–H groups in total. The molecule has 5 nitrogen and oxygen atoms in total. The fraction of sp³-hybridized carbons (Fsp3) is 0.250. The van der Waals surface area contributed by atoms with Crippen LogP contribution in [0.5, 0.6) is 0 Å². The van der Waals surface area contributed by atoms with Crippen molar-refractivity contribution in [3.05, 3.63) is 56.6 Å². The minimum atomic E-state index is -0.387. The van der Waals surface area contributed by atoms with Crippen molar-refractivity contribution in [3.8, 4) is 0 Å². The number of aryl methyl sites for hydroxylation is 1. The molecule has 1 aromatic heterocycles. The number of hydrogen-bond acceptors (Lipinski definition) is 3. The zero-order chi connectivity index (χ0) is 13.1. The van der Waals surface area contributed by atoms with Gasteiger partial charge in [-0.1, -0.05) is 13.0 Å². The first kappa shape index (κ1) is 12.8. The first-order valence-electron chi connectivity index (χ1n) is 5.54. The highest BCUT2D eigenvalue weighted by Crippen LogP contribution is 2.26. The van der Waals surface area contributed by atoms with Crippen LogP contribution in [0.3, 0.4) is 0 Å². The summed E-state index contributed by atoms with van der Waals surface area (Å²) >= 11 is 3.18. The van der Waals surface area contributed by atoms with E-state index < -0.39 is 0 Å². The van der Waals surface area contributed by atoms with Crippen LogP contribution in [0.4, 0.5) is 5.69 Å². The van der Waals surface area contributed by atoms with Crippen LogP contribution < -0.4 is 0 Å². The van der Waals surface area contributed by atoms with Crippen LogP contribution in [-0.4, -0.2) is 14.5 Å². The molecule has 0 saturated carbocycles. The fourth-order valence-corrected chi connectivity index (χ4v) is 2.18. The molecule has 0 amide bonds. The summed E-state index contributed by atoms with van der Waals surface area (Å²) in [6, 6.07) is 5.16. The van der Waals surface area contributed by atoms with Crippen molar-refractivity contribution in [1.29, 1.82) is 0 Å². The van der Waals surface area contributed by atoms with Gasteiger partial charge in [-0.05, 0) is 27.6 Å². The second-order valence-electron chi connectivity index (χ2n) is 3.87. The van der Waals surface area contributed by atoms with Gasteiger partial charge in [0.2, 0.25) is 0 Å². The maximum atomic E-state index is 10.9. The lowest BCUT2D eigenvalue weighted by Crippen LogP contribution is -2.04. The molecule has 2 rings (SSSR count). The Kier molecular flexibility index (Phi) is 3.76. The monoisotopic (exact) mass is 309 g/mol. The Morgan fingerprint density at radius 1 is 1.50 bits per heavy atom. The zero-order valence-electron chi connectivity index (χ0n) is 9.84. The van der Waals surface area contributed by atoms with Gasteiger partial charge in [-0.3, -0.25) is 10.1 Å². The van der Waals surface area contributed by atoms with Crippen LogP contribution in [0, 0.1) is 10.1 Å². The van der Waals surface area contributed by atoms with E-state index in [0.717, 1.165) is 17.8 Å². The number of benzene rings is 1. The summed E-state index contributed by atoms with van der Waals surface area (Å²) in [7, 11) is 0. The molecule has 0 aliphatic heterocycles. The Hall–Kier alpha value is -1.69.